The number of aryl methyl sites for hydroxylation is 2. The molecule has 1 aliphatic heterocycles. The van der Waals surface area contributed by atoms with Crippen LogP contribution in [0.25, 0.3) is 5.57 Å². The van der Waals surface area contributed by atoms with E-state index in [1.54, 1.807) is 7.11 Å². The highest BCUT2D eigenvalue weighted by atomic mass is 16.6. The first-order chi connectivity index (χ1) is 15.8. The molecule has 0 bridgehead atoms. The summed E-state index contributed by atoms with van der Waals surface area (Å²) in [7, 11) is 1.70. The van der Waals surface area contributed by atoms with Crippen LogP contribution < -0.4 is 10.5 Å². The highest BCUT2D eigenvalue weighted by molar-refractivity contribution is 5.78. The Balaban J connectivity index is 1.49. The molecule has 2 aliphatic carbocycles. The average Bonchev–Trinajstić information content (AvgIpc) is 3.46. The van der Waals surface area contributed by atoms with Crippen molar-refractivity contribution in [3.63, 3.8) is 0 Å². The van der Waals surface area contributed by atoms with Gasteiger partial charge in [0.05, 0.1) is 13.2 Å². The van der Waals surface area contributed by atoms with Crippen molar-refractivity contribution >= 4 is 17.4 Å². The topological polar surface area (TPSA) is 64.8 Å². The molecule has 2 atom stereocenters. The van der Waals surface area contributed by atoms with E-state index >= 15 is 0 Å². The van der Waals surface area contributed by atoms with Crippen LogP contribution in [0, 0.1) is 19.3 Å². The van der Waals surface area contributed by atoms with E-state index in [0.717, 1.165) is 35.4 Å². The summed E-state index contributed by atoms with van der Waals surface area (Å²) in [6.07, 6.45) is 5.30. The monoisotopic (exact) mass is 446 g/mol. The third kappa shape index (κ3) is 4.09. The van der Waals surface area contributed by atoms with Crippen molar-refractivity contribution in [2.45, 2.75) is 65.0 Å². The molecule has 174 valence electrons. The number of anilines is 1. The molecule has 0 unspecified atom stereocenters. The molecule has 2 aromatic rings. The molecule has 2 aromatic carbocycles. The molecule has 1 amide bonds. The first kappa shape index (κ1) is 21.9. The van der Waals surface area contributed by atoms with Crippen LogP contribution in [-0.4, -0.2) is 30.7 Å². The highest BCUT2D eigenvalue weighted by Gasteiger charge is 2.47. The fourth-order valence-electron chi connectivity index (χ4n) is 5.80. The lowest BCUT2D eigenvalue weighted by Crippen LogP contribution is -2.35. The number of amides is 1. The lowest BCUT2D eigenvalue weighted by Gasteiger charge is -2.31. The molecule has 2 fully saturated rings. The maximum absolute atomic E-state index is 13.0. The number of ether oxygens (including phenoxy) is 2. The van der Waals surface area contributed by atoms with Crippen molar-refractivity contribution in [3.8, 4) is 5.75 Å². The number of carbonyl (C=O) groups excluding carboxylic acids is 1. The summed E-state index contributed by atoms with van der Waals surface area (Å²) in [5.41, 5.74) is 14.4. The molecule has 1 spiro atoms. The largest absolute Gasteiger partial charge is 0.496 e. The van der Waals surface area contributed by atoms with E-state index in [1.807, 2.05) is 23.1 Å². The van der Waals surface area contributed by atoms with Gasteiger partial charge in [0.1, 0.15) is 11.9 Å². The molecule has 1 saturated heterocycles. The van der Waals surface area contributed by atoms with Gasteiger partial charge >= 0.3 is 6.09 Å². The van der Waals surface area contributed by atoms with E-state index in [2.05, 4.69) is 39.0 Å². The van der Waals surface area contributed by atoms with Gasteiger partial charge in [-0.05, 0) is 93.2 Å². The Morgan fingerprint density at radius 2 is 1.85 bits per heavy atom. The Morgan fingerprint density at radius 3 is 2.52 bits per heavy atom. The molecular weight excluding hydrogens is 412 g/mol. The minimum atomic E-state index is -0.250. The minimum absolute atomic E-state index is 0.0349. The van der Waals surface area contributed by atoms with Gasteiger partial charge in [-0.3, -0.25) is 4.90 Å². The van der Waals surface area contributed by atoms with E-state index in [0.29, 0.717) is 12.0 Å². The molecule has 5 heteroatoms. The van der Waals surface area contributed by atoms with Crippen LogP contribution in [0.5, 0.6) is 5.75 Å². The predicted octanol–water partition coefficient (Wildman–Crippen LogP) is 6.19. The number of carbonyl (C=O) groups is 1. The first-order valence-corrected chi connectivity index (χ1v) is 12.0. The van der Waals surface area contributed by atoms with E-state index in [1.165, 1.54) is 41.5 Å². The second kappa shape index (κ2) is 8.12. The van der Waals surface area contributed by atoms with Gasteiger partial charge in [0.2, 0.25) is 0 Å². The van der Waals surface area contributed by atoms with Crippen LogP contribution in [-0.2, 0) is 4.74 Å². The van der Waals surface area contributed by atoms with Crippen LogP contribution >= 0.6 is 0 Å². The smallest absolute Gasteiger partial charge is 0.411 e. The van der Waals surface area contributed by atoms with Gasteiger partial charge in [-0.25, -0.2) is 4.79 Å². The van der Waals surface area contributed by atoms with Crippen molar-refractivity contribution in [1.82, 2.24) is 4.90 Å². The van der Waals surface area contributed by atoms with Crippen molar-refractivity contribution in [2.75, 3.05) is 19.4 Å². The third-order valence-electron chi connectivity index (χ3n) is 7.75. The molecule has 0 radical (unpaired) electrons. The van der Waals surface area contributed by atoms with E-state index < -0.39 is 0 Å². The lowest BCUT2D eigenvalue weighted by atomic mass is 9.78. The van der Waals surface area contributed by atoms with Gasteiger partial charge < -0.3 is 15.2 Å². The highest BCUT2D eigenvalue weighted by Crippen LogP contribution is 2.59. The zero-order chi connectivity index (χ0) is 23.3. The first-order valence-electron chi connectivity index (χ1n) is 12.0. The van der Waals surface area contributed by atoms with Gasteiger partial charge in [-0.2, -0.15) is 0 Å². The fourth-order valence-corrected chi connectivity index (χ4v) is 5.80. The minimum Gasteiger partial charge on any atom is -0.496 e. The second-order valence-corrected chi connectivity index (χ2v) is 10.3. The number of hydrogen-bond donors (Lipinski definition) is 1. The molecule has 33 heavy (non-hydrogen) atoms. The number of benzene rings is 2. The third-order valence-corrected chi connectivity index (χ3v) is 7.75. The van der Waals surface area contributed by atoms with Gasteiger partial charge in [-0.15, -0.1) is 0 Å². The quantitative estimate of drug-likeness (QED) is 0.556. The maximum atomic E-state index is 13.0. The van der Waals surface area contributed by atoms with Gasteiger partial charge in [0.15, 0.2) is 0 Å². The van der Waals surface area contributed by atoms with Crippen molar-refractivity contribution in [2.24, 2.45) is 5.41 Å². The molecular formula is C28H34N2O3. The van der Waals surface area contributed by atoms with E-state index in [9.17, 15) is 4.79 Å². The number of hydrogen-bond acceptors (Lipinski definition) is 4. The SMILES string of the molecule is COc1ccc(N)cc1C1=C(CN2C(=O)O[C@H](c3cc(C)cc(C)c3)[C@@H]2C)CC2(CC1)CC2. The predicted molar refractivity (Wildman–Crippen MR) is 131 cm³/mol. The molecule has 3 aliphatic rings. The zero-order valence-corrected chi connectivity index (χ0v) is 20.1. The number of rotatable bonds is 5. The number of methoxy groups -OCH3 is 1. The molecule has 5 nitrogen and oxygen atoms in total. The van der Waals surface area contributed by atoms with Crippen molar-refractivity contribution in [3.05, 3.63) is 64.2 Å². The maximum Gasteiger partial charge on any atom is 0.411 e. The standard InChI is InChI=1S/C28H34N2O3/c1-17-11-18(2)13-20(12-17)26-19(3)30(27(31)33-26)16-21-15-28(9-10-28)8-7-23(21)24-14-22(29)5-6-25(24)32-4/h5-6,11-14,19,26H,7-10,15-16,29H2,1-4H3/t19-,26-/m0/s1. The summed E-state index contributed by atoms with van der Waals surface area (Å²) in [5, 5.41) is 0. The Morgan fingerprint density at radius 1 is 1.12 bits per heavy atom. The molecule has 0 aromatic heterocycles. The lowest BCUT2D eigenvalue weighted by molar-refractivity contribution is 0.131. The fraction of sp³-hybridized carbons (Fsp3) is 0.464. The Hall–Kier alpha value is -2.95. The van der Waals surface area contributed by atoms with Crippen LogP contribution in [0.2, 0.25) is 0 Å². The number of nitrogens with two attached hydrogens (primary N) is 1. The number of allylic oxidation sites excluding steroid dienone is 1. The number of nitrogen functional groups attached to an aromatic ring is 1. The number of nitrogens with zero attached hydrogens (tertiary/aromatic N) is 1. The van der Waals surface area contributed by atoms with E-state index in [4.69, 9.17) is 15.2 Å². The van der Waals surface area contributed by atoms with Gasteiger partial charge in [0, 0.05) is 17.8 Å². The molecule has 5 rings (SSSR count). The molecule has 1 saturated carbocycles. The second-order valence-electron chi connectivity index (χ2n) is 10.3. The summed E-state index contributed by atoms with van der Waals surface area (Å²) < 4.78 is 11.6. The van der Waals surface area contributed by atoms with Gasteiger partial charge in [0.25, 0.3) is 0 Å². The van der Waals surface area contributed by atoms with Crippen LogP contribution in [0.15, 0.2) is 42.0 Å². The van der Waals surface area contributed by atoms with Crippen LogP contribution in [0.3, 0.4) is 0 Å². The van der Waals surface area contributed by atoms with Crippen molar-refractivity contribution < 1.29 is 14.3 Å². The average molecular weight is 447 g/mol. The Bertz CT molecular complexity index is 1110. The van der Waals surface area contributed by atoms with Crippen molar-refractivity contribution in [1.29, 1.82) is 0 Å². The Kier molecular flexibility index (Phi) is 5.38. The van der Waals surface area contributed by atoms with Crippen LogP contribution in [0.1, 0.15) is 67.4 Å². The summed E-state index contributed by atoms with van der Waals surface area (Å²) in [5.74, 6) is 0.841. The normalized spacial score (nSPS) is 23.8. The Labute approximate surface area is 196 Å². The molecule has 2 N–H and O–H groups in total. The summed E-state index contributed by atoms with van der Waals surface area (Å²) in [4.78, 5) is 15.0. The molecule has 1 heterocycles. The summed E-state index contributed by atoms with van der Waals surface area (Å²) >= 11 is 0. The zero-order valence-electron chi connectivity index (χ0n) is 20.1. The number of cyclic esters (lactones) is 1. The summed E-state index contributed by atoms with van der Waals surface area (Å²) in [6, 6.07) is 12.2. The van der Waals surface area contributed by atoms with E-state index in [-0.39, 0.29) is 18.2 Å². The summed E-state index contributed by atoms with van der Waals surface area (Å²) in [6.45, 7) is 6.87. The van der Waals surface area contributed by atoms with Gasteiger partial charge in [-0.1, -0.05) is 29.3 Å². The van der Waals surface area contributed by atoms with Crippen LogP contribution in [0.4, 0.5) is 10.5 Å².